The van der Waals surface area contributed by atoms with Gasteiger partial charge in [0.2, 0.25) is 5.91 Å². The van der Waals surface area contributed by atoms with E-state index in [9.17, 15) is 9.59 Å². The molecule has 0 radical (unpaired) electrons. The molecule has 7 heteroatoms. The van der Waals surface area contributed by atoms with E-state index in [2.05, 4.69) is 10.6 Å². The van der Waals surface area contributed by atoms with Gasteiger partial charge in [0.15, 0.2) is 0 Å². The number of nitrogens with one attached hydrogen (secondary N) is 2. The van der Waals surface area contributed by atoms with Crippen molar-refractivity contribution in [2.45, 2.75) is 19.4 Å². The summed E-state index contributed by atoms with van der Waals surface area (Å²) < 4.78 is 5.59. The van der Waals surface area contributed by atoms with Crippen molar-refractivity contribution < 1.29 is 14.3 Å². The molecule has 0 spiro atoms. The van der Waals surface area contributed by atoms with E-state index >= 15 is 0 Å². The monoisotopic (exact) mass is 456 g/mol. The predicted molar refractivity (Wildman–Crippen MR) is 124 cm³/mol. The highest BCUT2D eigenvalue weighted by Gasteiger charge is 2.13. The van der Waals surface area contributed by atoms with Crippen molar-refractivity contribution in [2.75, 3.05) is 11.9 Å². The molecule has 0 aromatic heterocycles. The molecular formula is C24H22Cl2N2O3. The van der Waals surface area contributed by atoms with Crippen molar-refractivity contribution in [3.8, 4) is 5.75 Å². The fourth-order valence-electron chi connectivity index (χ4n) is 2.88. The molecule has 0 unspecified atom stereocenters. The van der Waals surface area contributed by atoms with Crippen molar-refractivity contribution >= 4 is 40.7 Å². The van der Waals surface area contributed by atoms with Crippen LogP contribution in [-0.2, 0) is 11.3 Å². The number of rotatable bonds is 9. The molecule has 5 nitrogen and oxygen atoms in total. The number of amides is 2. The van der Waals surface area contributed by atoms with Crippen LogP contribution in [0.1, 0.15) is 28.8 Å². The van der Waals surface area contributed by atoms with Gasteiger partial charge in [-0.25, -0.2) is 0 Å². The van der Waals surface area contributed by atoms with Crippen LogP contribution in [0.15, 0.2) is 72.8 Å². The summed E-state index contributed by atoms with van der Waals surface area (Å²) in [6, 6.07) is 21.5. The van der Waals surface area contributed by atoms with E-state index in [1.165, 1.54) is 0 Å². The van der Waals surface area contributed by atoms with Crippen LogP contribution in [0.25, 0.3) is 0 Å². The van der Waals surface area contributed by atoms with Crippen molar-refractivity contribution in [1.82, 2.24) is 5.32 Å². The molecule has 0 bridgehead atoms. The van der Waals surface area contributed by atoms with Gasteiger partial charge in [0.25, 0.3) is 5.91 Å². The molecule has 0 atom stereocenters. The second-order valence-electron chi connectivity index (χ2n) is 6.79. The van der Waals surface area contributed by atoms with E-state index in [0.29, 0.717) is 46.6 Å². The average Bonchev–Trinajstić information content (AvgIpc) is 2.77. The van der Waals surface area contributed by atoms with Gasteiger partial charge < -0.3 is 15.4 Å². The van der Waals surface area contributed by atoms with Crippen LogP contribution in [0.4, 0.5) is 5.69 Å². The number of ether oxygens (including phenoxy) is 1. The highest BCUT2D eigenvalue weighted by molar-refractivity contribution is 6.35. The number of hydrogen-bond acceptors (Lipinski definition) is 3. The SMILES string of the molecule is O=C(CCCOc1ccc(Cl)cc1Cl)Nc1ccccc1C(=O)NCc1ccccc1. The van der Waals surface area contributed by atoms with Crippen molar-refractivity contribution in [1.29, 1.82) is 0 Å². The summed E-state index contributed by atoms with van der Waals surface area (Å²) in [5.41, 5.74) is 1.88. The van der Waals surface area contributed by atoms with E-state index in [0.717, 1.165) is 5.56 Å². The van der Waals surface area contributed by atoms with Gasteiger partial charge >= 0.3 is 0 Å². The Morgan fingerprint density at radius 2 is 1.65 bits per heavy atom. The Hall–Kier alpha value is -3.02. The smallest absolute Gasteiger partial charge is 0.253 e. The third-order valence-corrected chi connectivity index (χ3v) is 4.97. The summed E-state index contributed by atoms with van der Waals surface area (Å²) in [5, 5.41) is 6.64. The van der Waals surface area contributed by atoms with Crippen LogP contribution in [-0.4, -0.2) is 18.4 Å². The second kappa shape index (κ2) is 11.4. The normalized spacial score (nSPS) is 10.4. The van der Waals surface area contributed by atoms with Crippen LogP contribution in [0.5, 0.6) is 5.75 Å². The van der Waals surface area contributed by atoms with Gasteiger partial charge in [-0.3, -0.25) is 9.59 Å². The lowest BCUT2D eigenvalue weighted by atomic mass is 10.1. The van der Waals surface area contributed by atoms with Crippen LogP contribution >= 0.6 is 23.2 Å². The average molecular weight is 457 g/mol. The number of para-hydroxylation sites is 1. The number of anilines is 1. The van der Waals surface area contributed by atoms with Gasteiger partial charge in [-0.2, -0.15) is 0 Å². The largest absolute Gasteiger partial charge is 0.492 e. The molecule has 0 aliphatic rings. The molecule has 0 fully saturated rings. The molecule has 2 N–H and O–H groups in total. The van der Waals surface area contributed by atoms with E-state index in [4.69, 9.17) is 27.9 Å². The van der Waals surface area contributed by atoms with Crippen LogP contribution < -0.4 is 15.4 Å². The Morgan fingerprint density at radius 1 is 0.903 bits per heavy atom. The molecule has 0 saturated heterocycles. The Kier molecular flexibility index (Phi) is 8.33. The summed E-state index contributed by atoms with van der Waals surface area (Å²) >= 11 is 11.9. The lowest BCUT2D eigenvalue weighted by molar-refractivity contribution is -0.116. The minimum Gasteiger partial charge on any atom is -0.492 e. The van der Waals surface area contributed by atoms with Crippen LogP contribution in [0, 0.1) is 0 Å². The first kappa shape index (κ1) is 22.7. The number of halogens is 2. The maximum Gasteiger partial charge on any atom is 0.253 e. The van der Waals surface area contributed by atoms with E-state index < -0.39 is 0 Å². The van der Waals surface area contributed by atoms with Gasteiger partial charge in [0.05, 0.1) is 22.9 Å². The van der Waals surface area contributed by atoms with Crippen LogP contribution in [0.3, 0.4) is 0 Å². The number of carbonyl (C=O) groups is 2. The Morgan fingerprint density at radius 3 is 2.42 bits per heavy atom. The predicted octanol–water partition coefficient (Wildman–Crippen LogP) is 5.72. The molecule has 0 aliphatic heterocycles. The quantitative estimate of drug-likeness (QED) is 0.404. The third-order valence-electron chi connectivity index (χ3n) is 4.44. The summed E-state index contributed by atoms with van der Waals surface area (Å²) in [4.78, 5) is 24.9. The molecule has 3 aromatic carbocycles. The molecule has 3 aromatic rings. The fourth-order valence-corrected chi connectivity index (χ4v) is 3.35. The summed E-state index contributed by atoms with van der Waals surface area (Å²) in [5.74, 6) is 0.0708. The van der Waals surface area contributed by atoms with Gasteiger partial charge in [0, 0.05) is 18.0 Å². The summed E-state index contributed by atoms with van der Waals surface area (Å²) in [6.45, 7) is 0.737. The zero-order valence-electron chi connectivity index (χ0n) is 16.7. The molecule has 0 saturated carbocycles. The lowest BCUT2D eigenvalue weighted by Gasteiger charge is -2.12. The second-order valence-corrected chi connectivity index (χ2v) is 7.63. The zero-order chi connectivity index (χ0) is 22.1. The summed E-state index contributed by atoms with van der Waals surface area (Å²) in [7, 11) is 0. The van der Waals surface area contributed by atoms with Gasteiger partial charge in [0.1, 0.15) is 5.75 Å². The van der Waals surface area contributed by atoms with E-state index in [-0.39, 0.29) is 18.2 Å². The van der Waals surface area contributed by atoms with Gasteiger partial charge in [-0.15, -0.1) is 0 Å². The minimum absolute atomic E-state index is 0.200. The molecule has 160 valence electrons. The molecule has 0 heterocycles. The van der Waals surface area contributed by atoms with Crippen molar-refractivity contribution in [3.63, 3.8) is 0 Å². The Labute approximate surface area is 191 Å². The first-order valence-electron chi connectivity index (χ1n) is 9.82. The maximum atomic E-state index is 12.6. The Bertz CT molecular complexity index is 1040. The van der Waals surface area contributed by atoms with E-state index in [1.807, 2.05) is 30.3 Å². The number of benzene rings is 3. The Balaban J connectivity index is 1.49. The fraction of sp³-hybridized carbons (Fsp3) is 0.167. The van der Waals surface area contributed by atoms with Crippen molar-refractivity contribution in [2.24, 2.45) is 0 Å². The molecule has 3 rings (SSSR count). The maximum absolute atomic E-state index is 12.6. The number of carbonyl (C=O) groups excluding carboxylic acids is 2. The van der Waals surface area contributed by atoms with E-state index in [1.54, 1.807) is 42.5 Å². The minimum atomic E-state index is -0.250. The summed E-state index contributed by atoms with van der Waals surface area (Å²) in [6.07, 6.45) is 0.734. The number of hydrogen-bond donors (Lipinski definition) is 2. The molecule has 31 heavy (non-hydrogen) atoms. The topological polar surface area (TPSA) is 67.4 Å². The lowest BCUT2D eigenvalue weighted by Crippen LogP contribution is -2.24. The van der Waals surface area contributed by atoms with Crippen LogP contribution in [0.2, 0.25) is 10.0 Å². The van der Waals surface area contributed by atoms with Gasteiger partial charge in [-0.05, 0) is 42.3 Å². The third kappa shape index (κ3) is 7.02. The molecule has 0 aliphatic carbocycles. The zero-order valence-corrected chi connectivity index (χ0v) is 18.2. The van der Waals surface area contributed by atoms with Crippen molar-refractivity contribution in [3.05, 3.63) is 94.0 Å². The first-order chi connectivity index (χ1) is 15.0. The van der Waals surface area contributed by atoms with Gasteiger partial charge in [-0.1, -0.05) is 65.7 Å². The highest BCUT2D eigenvalue weighted by atomic mass is 35.5. The highest BCUT2D eigenvalue weighted by Crippen LogP contribution is 2.27. The first-order valence-corrected chi connectivity index (χ1v) is 10.6. The molecule has 2 amide bonds. The molecular weight excluding hydrogens is 435 g/mol. The standard InChI is InChI=1S/C24H22Cl2N2O3/c25-18-12-13-22(20(26)15-18)31-14-6-11-23(29)28-21-10-5-4-9-19(21)24(30)27-16-17-7-2-1-3-8-17/h1-5,7-10,12-13,15H,6,11,14,16H2,(H,27,30)(H,28,29).